The third-order valence-electron chi connectivity index (χ3n) is 13.6. The first kappa shape index (κ1) is 56.1. The molecule has 0 spiro atoms. The van der Waals surface area contributed by atoms with Crippen LogP contribution in [-0.4, -0.2) is 97.1 Å². The second kappa shape index (κ2) is 28.3. The van der Waals surface area contributed by atoms with Crippen molar-refractivity contribution in [3.63, 3.8) is 0 Å². The molecule has 0 unspecified atom stereocenters. The number of nitrogens with one attached hydrogen (secondary N) is 4. The fraction of sp³-hybridized carbons (Fsp3) is 0.481. The summed E-state index contributed by atoms with van der Waals surface area (Å²) < 4.78 is 0. The summed E-state index contributed by atoms with van der Waals surface area (Å²) in [5.74, 6) is 1.43. The van der Waals surface area contributed by atoms with Crippen molar-refractivity contribution < 1.29 is 19.2 Å². The zero-order valence-corrected chi connectivity index (χ0v) is 44.4. The maximum absolute atomic E-state index is 12.5. The molecule has 69 heavy (non-hydrogen) atoms. The summed E-state index contributed by atoms with van der Waals surface area (Å²) in [6.07, 6.45) is 10.3. The molecule has 2 aliphatic carbocycles. The number of thioether (sulfide) groups is 1. The quantitative estimate of drug-likeness (QED) is 0.0613. The molecule has 0 saturated heterocycles. The molecule has 4 aromatic rings. The molecule has 4 aromatic carbocycles. The van der Waals surface area contributed by atoms with E-state index in [1.165, 1.54) is 16.7 Å². The minimum Gasteiger partial charge on any atom is -0.355 e. The molecule has 0 atom stereocenters. The lowest BCUT2D eigenvalue weighted by atomic mass is 9.75. The second-order valence-corrected chi connectivity index (χ2v) is 21.8. The number of nitrogens with zero attached hydrogens (tertiary/aromatic N) is 2. The number of hydrogen-bond acceptors (Lipinski definition) is 7. The fourth-order valence-electron chi connectivity index (χ4n) is 9.35. The highest BCUT2D eigenvalue weighted by atomic mass is 35.5. The Labute approximate surface area is 434 Å². The van der Waals surface area contributed by atoms with Gasteiger partial charge in [-0.2, -0.15) is 11.8 Å². The van der Waals surface area contributed by atoms with Gasteiger partial charge in [0, 0.05) is 93.5 Å². The van der Waals surface area contributed by atoms with Gasteiger partial charge < -0.3 is 31.1 Å². The van der Waals surface area contributed by atoms with Crippen molar-refractivity contribution in [1.82, 2.24) is 31.1 Å². The molecule has 0 aromatic heterocycles. The number of amides is 4. The molecule has 0 bridgehead atoms. The van der Waals surface area contributed by atoms with Gasteiger partial charge in [-0.15, -0.1) is 0 Å². The van der Waals surface area contributed by atoms with Crippen molar-refractivity contribution in [2.24, 2.45) is 0 Å². The molecule has 10 nitrogen and oxygen atoms in total. The van der Waals surface area contributed by atoms with Gasteiger partial charge in [-0.25, -0.2) is 0 Å². The molecule has 2 saturated carbocycles. The second-order valence-electron chi connectivity index (χ2n) is 18.9. The van der Waals surface area contributed by atoms with E-state index in [0.717, 1.165) is 91.3 Å². The Hall–Kier alpha value is -3.81. The van der Waals surface area contributed by atoms with E-state index in [0.29, 0.717) is 16.6 Å². The Morgan fingerprint density at radius 1 is 0.551 bits per heavy atom. The Kier molecular flexibility index (Phi) is 23.0. The van der Waals surface area contributed by atoms with Crippen LogP contribution < -0.4 is 21.3 Å². The van der Waals surface area contributed by atoms with Crippen molar-refractivity contribution in [1.29, 1.82) is 0 Å². The van der Waals surface area contributed by atoms with Gasteiger partial charge in [0.2, 0.25) is 23.6 Å². The van der Waals surface area contributed by atoms with Crippen LogP contribution in [0.4, 0.5) is 0 Å². The van der Waals surface area contributed by atoms with Crippen LogP contribution in [0.5, 0.6) is 0 Å². The fourth-order valence-corrected chi connectivity index (χ4v) is 11.0. The maximum atomic E-state index is 12.5. The Morgan fingerprint density at radius 2 is 1.00 bits per heavy atom. The first-order valence-electron chi connectivity index (χ1n) is 24.0. The standard InChI is InChI=1S/C28H38ClN3O2S.C26H32Cl3N3O2/c1-32(2)28(20-23-9-6-10-24(29)19-23)15-13-25(14-16-28)31-27(34)12-11-26(33)30-17-18-35-21-22-7-4-3-5-8-22;1-32(2)26(16-18-4-3-5-20(27)14-18)12-10-22(11-13-26)31-25(34)9-8-24(33)30-17-19-15-21(28)6-7-23(19)29/h3-10,19,25H,11-18,20-21H2,1-2H3,(H,30,33)(H,31,34);3-7,14-15,22H,8-13,16-17H2,1-2H3,(H,30,33)(H,31,34). The number of likely N-dealkylation sites (N-methyl/N-ethyl adjacent to an activating group) is 2. The SMILES string of the molecule is CN(C)C1(Cc2cccc(Cl)c2)CCC(NC(=O)CCC(=O)NCCSCc2ccccc2)CC1.CN(C)C1(Cc2cccc(Cl)c2)CCC(NC(=O)CCC(=O)NCc2cc(Cl)ccc2Cl)CC1. The van der Waals surface area contributed by atoms with E-state index in [1.807, 2.05) is 54.6 Å². The van der Waals surface area contributed by atoms with Gasteiger partial charge >= 0.3 is 0 Å². The topological polar surface area (TPSA) is 123 Å². The van der Waals surface area contributed by atoms with E-state index in [1.54, 1.807) is 30.0 Å². The van der Waals surface area contributed by atoms with E-state index in [9.17, 15) is 19.2 Å². The van der Waals surface area contributed by atoms with Crippen LogP contribution in [0.1, 0.15) is 99.3 Å². The summed E-state index contributed by atoms with van der Waals surface area (Å²) in [5, 5.41) is 14.6. The lowest BCUT2D eigenvalue weighted by Gasteiger charge is -2.45. The highest BCUT2D eigenvalue weighted by molar-refractivity contribution is 7.98. The van der Waals surface area contributed by atoms with Gasteiger partial charge in [0.1, 0.15) is 0 Å². The van der Waals surface area contributed by atoms with Gasteiger partial charge in [0.25, 0.3) is 0 Å². The predicted octanol–water partition coefficient (Wildman–Crippen LogP) is 10.7. The van der Waals surface area contributed by atoms with Gasteiger partial charge in [0.15, 0.2) is 0 Å². The van der Waals surface area contributed by atoms with Crippen molar-refractivity contribution in [3.8, 4) is 0 Å². The Bertz CT molecular complexity index is 2270. The number of halogens is 4. The molecule has 0 heterocycles. The summed E-state index contributed by atoms with van der Waals surface area (Å²) in [5.41, 5.74) is 4.64. The molecule has 6 rings (SSSR count). The molecule has 15 heteroatoms. The van der Waals surface area contributed by atoms with Crippen LogP contribution in [0, 0.1) is 0 Å². The molecule has 2 aliphatic rings. The number of rotatable bonds is 21. The van der Waals surface area contributed by atoms with E-state index in [4.69, 9.17) is 46.4 Å². The number of carbonyl (C=O) groups excluding carboxylic acids is 4. The summed E-state index contributed by atoms with van der Waals surface area (Å²) >= 11 is 26.3. The zero-order valence-electron chi connectivity index (χ0n) is 40.6. The molecule has 4 amide bonds. The van der Waals surface area contributed by atoms with E-state index >= 15 is 0 Å². The monoisotopic (exact) mass is 1040 g/mol. The molecule has 0 aliphatic heterocycles. The summed E-state index contributed by atoms with van der Waals surface area (Å²) in [4.78, 5) is 53.8. The lowest BCUT2D eigenvalue weighted by molar-refractivity contribution is -0.127. The Morgan fingerprint density at radius 3 is 1.48 bits per heavy atom. The van der Waals surface area contributed by atoms with Gasteiger partial charge in [-0.05, 0) is 157 Å². The third-order valence-corrected chi connectivity index (χ3v) is 15.7. The first-order valence-corrected chi connectivity index (χ1v) is 26.7. The molecule has 0 radical (unpaired) electrons. The van der Waals surface area contributed by atoms with Crippen LogP contribution in [0.25, 0.3) is 0 Å². The minimum atomic E-state index is -0.192. The number of benzene rings is 4. The highest BCUT2D eigenvalue weighted by Crippen LogP contribution is 2.37. The van der Waals surface area contributed by atoms with Crippen LogP contribution in [0.3, 0.4) is 0 Å². The van der Waals surface area contributed by atoms with Gasteiger partial charge in [0.05, 0.1) is 0 Å². The molecular weight excluding hydrogens is 971 g/mol. The molecule has 374 valence electrons. The number of hydrogen-bond donors (Lipinski definition) is 4. The van der Waals surface area contributed by atoms with Crippen LogP contribution in [-0.2, 0) is 44.3 Å². The average molecular weight is 1040 g/mol. The smallest absolute Gasteiger partial charge is 0.220 e. The predicted molar refractivity (Wildman–Crippen MR) is 286 cm³/mol. The van der Waals surface area contributed by atoms with Crippen molar-refractivity contribution in [2.45, 2.75) is 125 Å². The summed E-state index contributed by atoms with van der Waals surface area (Å²) in [6, 6.07) is 31.9. The van der Waals surface area contributed by atoms with Gasteiger partial charge in [-0.3, -0.25) is 19.2 Å². The average Bonchev–Trinajstić information content (AvgIpc) is 3.32. The van der Waals surface area contributed by atoms with Crippen molar-refractivity contribution >= 4 is 81.8 Å². The lowest BCUT2D eigenvalue weighted by Crippen LogP contribution is -2.52. The van der Waals surface area contributed by atoms with Crippen molar-refractivity contribution in [3.05, 3.63) is 139 Å². The van der Waals surface area contributed by atoms with E-state index in [2.05, 4.69) is 83.5 Å². The zero-order chi connectivity index (χ0) is 49.8. The number of carbonyl (C=O) groups is 4. The minimum absolute atomic E-state index is 0.0317. The Balaban J connectivity index is 0.000000258. The summed E-state index contributed by atoms with van der Waals surface area (Å²) in [6.45, 7) is 0.904. The normalized spacial score (nSPS) is 20.1. The van der Waals surface area contributed by atoms with E-state index in [-0.39, 0.29) is 79.0 Å². The summed E-state index contributed by atoms with van der Waals surface area (Å²) in [7, 11) is 8.53. The van der Waals surface area contributed by atoms with Crippen LogP contribution in [0.15, 0.2) is 97.1 Å². The first-order chi connectivity index (χ1) is 33.0. The molecular formula is C54H70Cl4N6O4S. The highest BCUT2D eigenvalue weighted by Gasteiger charge is 2.39. The van der Waals surface area contributed by atoms with Crippen LogP contribution in [0.2, 0.25) is 20.1 Å². The molecule has 4 N–H and O–H groups in total. The largest absolute Gasteiger partial charge is 0.355 e. The molecule has 2 fully saturated rings. The maximum Gasteiger partial charge on any atom is 0.220 e. The third kappa shape index (κ3) is 19.0. The van der Waals surface area contributed by atoms with Gasteiger partial charge in [-0.1, -0.05) is 101 Å². The van der Waals surface area contributed by atoms with Crippen molar-refractivity contribution in [2.75, 3.05) is 40.5 Å². The van der Waals surface area contributed by atoms with Crippen LogP contribution >= 0.6 is 58.2 Å². The van der Waals surface area contributed by atoms with E-state index < -0.39 is 0 Å².